The standard InChI is InChI=1S/C23H24N4O7/c1-30-16-7-5-15(6-8-16)27-12-14(11-19(27)28)22-25-26-23(34-22)24-21(29)13-9-17(31-2)20(33-4)18(10-13)32-3/h5-10,14H,11-12H2,1-4H3,(H,24,26,29)/t14-/m1/s1. The zero-order valence-electron chi connectivity index (χ0n) is 19.2. The molecule has 1 aliphatic rings. The van der Waals surface area contributed by atoms with E-state index in [9.17, 15) is 9.59 Å². The number of benzene rings is 2. The van der Waals surface area contributed by atoms with E-state index in [-0.39, 0.29) is 35.7 Å². The van der Waals surface area contributed by atoms with Gasteiger partial charge in [-0.1, -0.05) is 5.10 Å². The van der Waals surface area contributed by atoms with Crippen LogP contribution in [-0.4, -0.2) is 57.0 Å². The van der Waals surface area contributed by atoms with E-state index < -0.39 is 5.91 Å². The minimum absolute atomic E-state index is 0.0589. The van der Waals surface area contributed by atoms with Gasteiger partial charge in [0.15, 0.2) is 11.5 Å². The molecule has 1 aromatic heterocycles. The molecular formula is C23H24N4O7. The van der Waals surface area contributed by atoms with E-state index in [2.05, 4.69) is 15.5 Å². The lowest BCUT2D eigenvalue weighted by molar-refractivity contribution is -0.117. The number of hydrogen-bond donors (Lipinski definition) is 1. The lowest BCUT2D eigenvalue weighted by Gasteiger charge is -2.16. The summed E-state index contributed by atoms with van der Waals surface area (Å²) < 4.78 is 26.6. The van der Waals surface area contributed by atoms with Gasteiger partial charge < -0.3 is 28.3 Å². The molecule has 2 amide bonds. The number of amides is 2. The van der Waals surface area contributed by atoms with Crippen LogP contribution in [-0.2, 0) is 4.79 Å². The normalized spacial score (nSPS) is 15.2. The Bertz CT molecular complexity index is 1170. The molecule has 1 saturated heterocycles. The van der Waals surface area contributed by atoms with Gasteiger partial charge in [-0.05, 0) is 36.4 Å². The topological polar surface area (TPSA) is 125 Å². The third kappa shape index (κ3) is 4.45. The van der Waals surface area contributed by atoms with Gasteiger partial charge in [-0.15, -0.1) is 5.10 Å². The van der Waals surface area contributed by atoms with Gasteiger partial charge in [0.2, 0.25) is 17.5 Å². The monoisotopic (exact) mass is 468 g/mol. The smallest absolute Gasteiger partial charge is 0.322 e. The van der Waals surface area contributed by atoms with E-state index >= 15 is 0 Å². The third-order valence-electron chi connectivity index (χ3n) is 5.45. The summed E-state index contributed by atoms with van der Waals surface area (Å²) in [5.74, 6) is 1.15. The quantitative estimate of drug-likeness (QED) is 0.531. The van der Waals surface area contributed by atoms with Crippen molar-refractivity contribution in [1.29, 1.82) is 0 Å². The zero-order valence-corrected chi connectivity index (χ0v) is 19.2. The Balaban J connectivity index is 1.46. The van der Waals surface area contributed by atoms with Crippen LogP contribution < -0.4 is 29.2 Å². The molecule has 4 rings (SSSR count). The van der Waals surface area contributed by atoms with Gasteiger partial charge in [0, 0.05) is 24.2 Å². The number of nitrogens with one attached hydrogen (secondary N) is 1. The zero-order chi connectivity index (χ0) is 24.2. The highest BCUT2D eigenvalue weighted by atomic mass is 16.5. The van der Waals surface area contributed by atoms with Crippen LogP contribution in [0.3, 0.4) is 0 Å². The Morgan fingerprint density at radius 1 is 1.00 bits per heavy atom. The van der Waals surface area contributed by atoms with Crippen molar-refractivity contribution in [2.45, 2.75) is 12.3 Å². The van der Waals surface area contributed by atoms with Crippen molar-refractivity contribution in [3.8, 4) is 23.0 Å². The number of hydrogen-bond acceptors (Lipinski definition) is 9. The number of anilines is 2. The fourth-order valence-corrected chi connectivity index (χ4v) is 3.72. The van der Waals surface area contributed by atoms with Gasteiger partial charge in [-0.2, -0.15) is 0 Å². The Kier molecular flexibility index (Phi) is 6.53. The van der Waals surface area contributed by atoms with Gasteiger partial charge >= 0.3 is 6.01 Å². The second-order valence-corrected chi connectivity index (χ2v) is 7.42. The first kappa shape index (κ1) is 22.9. The molecule has 11 nitrogen and oxygen atoms in total. The van der Waals surface area contributed by atoms with Crippen LogP contribution in [0.25, 0.3) is 0 Å². The van der Waals surface area contributed by atoms with Crippen LogP contribution >= 0.6 is 0 Å². The fraction of sp³-hybridized carbons (Fsp3) is 0.304. The van der Waals surface area contributed by atoms with Gasteiger partial charge in [0.25, 0.3) is 5.91 Å². The van der Waals surface area contributed by atoms with E-state index in [0.717, 1.165) is 5.69 Å². The molecule has 0 saturated carbocycles. The number of carbonyl (C=O) groups excluding carboxylic acids is 2. The second kappa shape index (κ2) is 9.69. The van der Waals surface area contributed by atoms with Crippen molar-refractivity contribution in [3.05, 3.63) is 47.9 Å². The van der Waals surface area contributed by atoms with Gasteiger partial charge in [0.1, 0.15) is 5.75 Å². The molecule has 0 aliphatic carbocycles. The molecule has 1 N–H and O–H groups in total. The molecule has 1 aliphatic heterocycles. The fourth-order valence-electron chi connectivity index (χ4n) is 3.72. The summed E-state index contributed by atoms with van der Waals surface area (Å²) in [5.41, 5.74) is 1.000. The highest BCUT2D eigenvalue weighted by Crippen LogP contribution is 2.38. The van der Waals surface area contributed by atoms with E-state index in [1.54, 1.807) is 24.1 Å². The van der Waals surface area contributed by atoms with Crippen LogP contribution in [0.2, 0.25) is 0 Å². The average Bonchev–Trinajstić information content (AvgIpc) is 3.49. The van der Waals surface area contributed by atoms with Crippen molar-refractivity contribution in [2.24, 2.45) is 0 Å². The number of ether oxygens (including phenoxy) is 4. The van der Waals surface area contributed by atoms with E-state index in [1.807, 2.05) is 12.1 Å². The maximum Gasteiger partial charge on any atom is 0.322 e. The molecule has 0 bridgehead atoms. The first-order valence-electron chi connectivity index (χ1n) is 10.4. The SMILES string of the molecule is COc1ccc(N2C[C@H](c3nnc(NC(=O)c4cc(OC)c(OC)c(OC)c4)o3)CC2=O)cc1. The number of carbonyl (C=O) groups is 2. The maximum absolute atomic E-state index is 12.8. The summed E-state index contributed by atoms with van der Waals surface area (Å²) in [6.07, 6.45) is 0.217. The molecule has 0 radical (unpaired) electrons. The first-order valence-corrected chi connectivity index (χ1v) is 10.4. The van der Waals surface area contributed by atoms with E-state index in [1.165, 1.54) is 33.5 Å². The predicted molar refractivity (Wildman–Crippen MR) is 121 cm³/mol. The molecule has 178 valence electrons. The minimum Gasteiger partial charge on any atom is -0.497 e. The largest absolute Gasteiger partial charge is 0.497 e. The summed E-state index contributed by atoms with van der Waals surface area (Å²) >= 11 is 0. The number of rotatable bonds is 8. The van der Waals surface area contributed by atoms with Gasteiger partial charge in [0.05, 0.1) is 34.4 Å². The number of methoxy groups -OCH3 is 4. The van der Waals surface area contributed by atoms with Gasteiger partial charge in [-0.25, -0.2) is 0 Å². The molecule has 1 fully saturated rings. The molecule has 11 heteroatoms. The third-order valence-corrected chi connectivity index (χ3v) is 5.45. The first-order chi connectivity index (χ1) is 16.5. The Morgan fingerprint density at radius 2 is 1.68 bits per heavy atom. The van der Waals surface area contributed by atoms with Crippen molar-refractivity contribution in [1.82, 2.24) is 10.2 Å². The van der Waals surface area contributed by atoms with Crippen molar-refractivity contribution in [2.75, 3.05) is 45.2 Å². The van der Waals surface area contributed by atoms with Crippen LogP contribution in [0.1, 0.15) is 28.6 Å². The van der Waals surface area contributed by atoms with Crippen molar-refractivity contribution in [3.63, 3.8) is 0 Å². The van der Waals surface area contributed by atoms with Crippen molar-refractivity contribution >= 4 is 23.5 Å². The summed E-state index contributed by atoms with van der Waals surface area (Å²) in [6, 6.07) is 10.2. The second-order valence-electron chi connectivity index (χ2n) is 7.42. The highest BCUT2D eigenvalue weighted by molar-refractivity contribution is 6.04. The van der Waals surface area contributed by atoms with Crippen LogP contribution in [0, 0.1) is 0 Å². The Labute approximate surface area is 195 Å². The van der Waals surface area contributed by atoms with Crippen LogP contribution in [0.4, 0.5) is 11.7 Å². The van der Waals surface area contributed by atoms with Gasteiger partial charge in [-0.3, -0.25) is 14.9 Å². The molecule has 34 heavy (non-hydrogen) atoms. The predicted octanol–water partition coefficient (Wildman–Crippen LogP) is 2.88. The summed E-state index contributed by atoms with van der Waals surface area (Å²) in [5, 5.41) is 10.5. The molecule has 1 atom stereocenters. The summed E-state index contributed by atoms with van der Waals surface area (Å²) in [4.78, 5) is 27.0. The lowest BCUT2D eigenvalue weighted by Crippen LogP contribution is -2.24. The van der Waals surface area contributed by atoms with Crippen LogP contribution in [0.15, 0.2) is 40.8 Å². The number of nitrogens with zero attached hydrogens (tertiary/aromatic N) is 3. The minimum atomic E-state index is -0.503. The van der Waals surface area contributed by atoms with E-state index in [4.69, 9.17) is 23.4 Å². The molecule has 3 aromatic rings. The Morgan fingerprint density at radius 3 is 2.26 bits per heavy atom. The molecule has 2 aromatic carbocycles. The molecule has 2 heterocycles. The number of aromatic nitrogens is 2. The molecular weight excluding hydrogens is 444 g/mol. The molecule has 0 unspecified atom stereocenters. The highest BCUT2D eigenvalue weighted by Gasteiger charge is 2.35. The molecule has 0 spiro atoms. The maximum atomic E-state index is 12.8. The average molecular weight is 468 g/mol. The van der Waals surface area contributed by atoms with E-state index in [0.29, 0.717) is 29.5 Å². The lowest BCUT2D eigenvalue weighted by atomic mass is 10.1. The van der Waals surface area contributed by atoms with Crippen LogP contribution in [0.5, 0.6) is 23.0 Å². The summed E-state index contributed by atoms with van der Waals surface area (Å²) in [6.45, 7) is 0.383. The summed E-state index contributed by atoms with van der Waals surface area (Å²) in [7, 11) is 5.98. The Hall–Kier alpha value is -4.28. The van der Waals surface area contributed by atoms with Crippen molar-refractivity contribution < 1.29 is 33.0 Å².